The second-order valence-corrected chi connectivity index (χ2v) is 6.64. The van der Waals surface area contributed by atoms with Crippen LogP contribution in [-0.2, 0) is 28.5 Å². The van der Waals surface area contributed by atoms with Crippen molar-refractivity contribution in [1.82, 2.24) is 0 Å². The molecular weight excluding hydrogens is 364 g/mol. The minimum atomic E-state index is -1.57. The van der Waals surface area contributed by atoms with Crippen LogP contribution in [0.3, 0.4) is 0 Å². The molecule has 4 unspecified atom stereocenters. The molecule has 0 spiro atoms. The normalized spacial score (nSPS) is 44.6. The van der Waals surface area contributed by atoms with Crippen LogP contribution in [0.4, 0.5) is 0 Å². The van der Waals surface area contributed by atoms with Gasteiger partial charge in [-0.2, -0.15) is 0 Å². The highest BCUT2D eigenvalue weighted by Crippen LogP contribution is 2.40. The van der Waals surface area contributed by atoms with E-state index in [-0.39, 0.29) is 5.92 Å². The van der Waals surface area contributed by atoms with Gasteiger partial charge in [-0.1, -0.05) is 6.08 Å². The molecule has 3 aliphatic rings. The lowest BCUT2D eigenvalue weighted by atomic mass is 9.80. The maximum Gasteiger partial charge on any atom is 0.339 e. The fourth-order valence-corrected chi connectivity index (χ4v) is 3.50. The Labute approximate surface area is 155 Å². The summed E-state index contributed by atoms with van der Waals surface area (Å²) in [6, 6.07) is 0. The monoisotopic (exact) mass is 388 g/mol. The molecule has 3 heterocycles. The van der Waals surface area contributed by atoms with Crippen molar-refractivity contribution in [3.05, 3.63) is 24.5 Å². The average molecular weight is 388 g/mol. The molecular formula is C17H24O10. The quantitative estimate of drug-likeness (QED) is 0.320. The number of esters is 1. The molecule has 27 heavy (non-hydrogen) atoms. The summed E-state index contributed by atoms with van der Waals surface area (Å²) in [5.41, 5.74) is 0.321. The van der Waals surface area contributed by atoms with Crippen LogP contribution >= 0.6 is 0 Å². The smallest absolute Gasteiger partial charge is 0.339 e. The molecule has 3 rings (SSSR count). The zero-order valence-electron chi connectivity index (χ0n) is 14.7. The molecule has 10 heteroatoms. The highest BCUT2D eigenvalue weighted by Gasteiger charge is 2.49. The predicted molar refractivity (Wildman–Crippen MR) is 86.5 cm³/mol. The van der Waals surface area contributed by atoms with E-state index in [1.54, 1.807) is 6.08 Å². The highest BCUT2D eigenvalue weighted by atomic mass is 16.8. The lowest BCUT2D eigenvalue weighted by molar-refractivity contribution is -0.340. The first-order valence-electron chi connectivity index (χ1n) is 8.59. The van der Waals surface area contributed by atoms with Gasteiger partial charge in [0.15, 0.2) is 6.29 Å². The van der Waals surface area contributed by atoms with Gasteiger partial charge < -0.3 is 44.1 Å². The van der Waals surface area contributed by atoms with Crippen LogP contribution in [0.5, 0.6) is 0 Å². The van der Waals surface area contributed by atoms with Gasteiger partial charge in [-0.3, -0.25) is 0 Å². The van der Waals surface area contributed by atoms with Crippen LogP contribution in [0.25, 0.3) is 0 Å². The Balaban J connectivity index is 1.77. The zero-order chi connectivity index (χ0) is 19.7. The third kappa shape index (κ3) is 3.74. The number of methoxy groups -OCH3 is 1. The van der Waals surface area contributed by atoms with E-state index < -0.39 is 61.8 Å². The van der Waals surface area contributed by atoms with Crippen molar-refractivity contribution in [2.24, 2.45) is 11.8 Å². The topological polar surface area (TPSA) is 144 Å². The number of fused-ring (bicyclic) bond motifs is 1. The summed E-state index contributed by atoms with van der Waals surface area (Å²) in [5, 5.41) is 39.1. The summed E-state index contributed by atoms with van der Waals surface area (Å²) in [4.78, 5) is 12.1. The van der Waals surface area contributed by atoms with Gasteiger partial charge in [0.25, 0.3) is 0 Å². The van der Waals surface area contributed by atoms with Gasteiger partial charge in [-0.25, -0.2) is 4.79 Å². The molecule has 0 bridgehead atoms. The van der Waals surface area contributed by atoms with Gasteiger partial charge in [0, 0.05) is 25.4 Å². The molecule has 2 saturated heterocycles. The molecule has 0 aliphatic carbocycles. The second-order valence-electron chi connectivity index (χ2n) is 6.64. The molecule has 0 radical (unpaired) electrons. The zero-order valence-corrected chi connectivity index (χ0v) is 14.7. The Bertz CT molecular complexity index is 590. The van der Waals surface area contributed by atoms with Gasteiger partial charge in [-0.15, -0.1) is 6.58 Å². The first kappa shape index (κ1) is 20.2. The summed E-state index contributed by atoms with van der Waals surface area (Å²) in [5.74, 6) is -1.41. The van der Waals surface area contributed by atoms with Crippen molar-refractivity contribution in [3.8, 4) is 0 Å². The van der Waals surface area contributed by atoms with Crippen molar-refractivity contribution >= 4 is 5.97 Å². The summed E-state index contributed by atoms with van der Waals surface area (Å²) < 4.78 is 26.7. The molecule has 4 N–H and O–H groups in total. The summed E-state index contributed by atoms with van der Waals surface area (Å²) in [7, 11) is 1.43. The molecule has 0 aromatic carbocycles. The fourth-order valence-electron chi connectivity index (χ4n) is 3.50. The molecule has 10 nitrogen and oxygen atoms in total. The summed E-state index contributed by atoms with van der Waals surface area (Å²) in [6.07, 6.45) is -5.65. The van der Waals surface area contributed by atoms with Gasteiger partial charge in [0.1, 0.15) is 24.4 Å². The number of carbonyl (C=O) groups excluding carboxylic acids is 1. The molecule has 0 aromatic heterocycles. The van der Waals surface area contributed by atoms with Crippen LogP contribution in [0, 0.1) is 11.8 Å². The number of rotatable bonds is 5. The van der Waals surface area contributed by atoms with Crippen LogP contribution in [0.2, 0.25) is 0 Å². The first-order valence-corrected chi connectivity index (χ1v) is 8.59. The number of carbonyl (C=O) groups is 1. The number of ether oxygens (including phenoxy) is 5. The summed E-state index contributed by atoms with van der Waals surface area (Å²) >= 11 is 0. The van der Waals surface area contributed by atoms with Gasteiger partial charge in [-0.05, 0) is 0 Å². The molecule has 3 aliphatic heterocycles. The highest BCUT2D eigenvalue weighted by molar-refractivity contribution is 5.89. The second kappa shape index (κ2) is 8.23. The largest absolute Gasteiger partial charge is 0.471 e. The van der Waals surface area contributed by atoms with E-state index in [1.165, 1.54) is 13.4 Å². The van der Waals surface area contributed by atoms with E-state index in [1.807, 2.05) is 0 Å². The number of hydrogen-bond donors (Lipinski definition) is 4. The molecule has 0 amide bonds. The van der Waals surface area contributed by atoms with Gasteiger partial charge >= 0.3 is 5.97 Å². The Morgan fingerprint density at radius 3 is 2.63 bits per heavy atom. The molecule has 0 saturated carbocycles. The lowest BCUT2D eigenvalue weighted by Gasteiger charge is -2.44. The van der Waals surface area contributed by atoms with Crippen LogP contribution in [-0.4, -0.2) is 83.4 Å². The SMILES string of the molecule is C=CC1C(O[C@@H]2O[C@H](CO)[C@@H](O)[C@H](O)[C@H]2O)OC=C2C(=O)OC(OC)CC21. The van der Waals surface area contributed by atoms with Crippen LogP contribution < -0.4 is 0 Å². The maximum absolute atomic E-state index is 12.1. The van der Waals surface area contributed by atoms with E-state index >= 15 is 0 Å². The van der Waals surface area contributed by atoms with Crippen molar-refractivity contribution in [3.63, 3.8) is 0 Å². The molecule has 9 atom stereocenters. The number of aliphatic hydroxyl groups is 4. The van der Waals surface area contributed by atoms with Crippen molar-refractivity contribution < 1.29 is 48.9 Å². The van der Waals surface area contributed by atoms with E-state index in [4.69, 9.17) is 23.7 Å². The van der Waals surface area contributed by atoms with E-state index in [2.05, 4.69) is 6.58 Å². The third-order valence-electron chi connectivity index (χ3n) is 5.08. The van der Waals surface area contributed by atoms with E-state index in [0.717, 1.165) is 0 Å². The van der Waals surface area contributed by atoms with E-state index in [0.29, 0.717) is 12.0 Å². The van der Waals surface area contributed by atoms with Gasteiger partial charge in [0.2, 0.25) is 12.6 Å². The minimum absolute atomic E-state index is 0.321. The Kier molecular flexibility index (Phi) is 6.16. The average Bonchev–Trinajstić information content (AvgIpc) is 2.67. The first-order chi connectivity index (χ1) is 12.9. The fraction of sp³-hybridized carbons (Fsp3) is 0.706. The Hall–Kier alpha value is -1.53. The summed E-state index contributed by atoms with van der Waals surface area (Å²) in [6.45, 7) is 3.18. The van der Waals surface area contributed by atoms with Crippen molar-refractivity contribution in [2.45, 2.75) is 49.7 Å². The number of aliphatic hydroxyl groups excluding tert-OH is 4. The Morgan fingerprint density at radius 1 is 1.26 bits per heavy atom. The lowest BCUT2D eigenvalue weighted by Crippen LogP contribution is -2.60. The minimum Gasteiger partial charge on any atom is -0.471 e. The number of cyclic esters (lactones) is 1. The van der Waals surface area contributed by atoms with Crippen molar-refractivity contribution in [2.75, 3.05) is 13.7 Å². The van der Waals surface area contributed by atoms with E-state index in [9.17, 15) is 25.2 Å². The standard InChI is InChI=1S/C17H24O10/c1-3-7-8-4-11(23-2)26-15(22)9(8)6-24-16(7)27-17-14(21)13(20)12(19)10(5-18)25-17/h3,6-8,10-14,16-21H,1,4-5H2,2H3/t7?,8?,10-,11?,12-,13+,14-,16?,17+/m1/s1. The van der Waals surface area contributed by atoms with Gasteiger partial charge in [0.05, 0.1) is 18.4 Å². The van der Waals surface area contributed by atoms with Crippen LogP contribution in [0.1, 0.15) is 6.42 Å². The van der Waals surface area contributed by atoms with Crippen molar-refractivity contribution in [1.29, 1.82) is 0 Å². The van der Waals surface area contributed by atoms with Crippen LogP contribution in [0.15, 0.2) is 24.5 Å². The predicted octanol–water partition coefficient (Wildman–Crippen LogP) is -1.62. The number of hydrogen-bond acceptors (Lipinski definition) is 10. The third-order valence-corrected chi connectivity index (χ3v) is 5.08. The molecule has 2 fully saturated rings. The molecule has 0 aromatic rings. The maximum atomic E-state index is 12.1. The Morgan fingerprint density at radius 2 is 2.00 bits per heavy atom. The molecule has 152 valence electrons.